The van der Waals surface area contributed by atoms with E-state index in [1.54, 1.807) is 0 Å². The summed E-state index contributed by atoms with van der Waals surface area (Å²) >= 11 is 5.89. The molecule has 0 aliphatic carbocycles. The summed E-state index contributed by atoms with van der Waals surface area (Å²) in [4.78, 5) is 0. The Balaban J connectivity index is 2.25. The predicted molar refractivity (Wildman–Crippen MR) is 82.6 cm³/mol. The van der Waals surface area contributed by atoms with Gasteiger partial charge in [0.05, 0.1) is 6.04 Å². The van der Waals surface area contributed by atoms with Crippen molar-refractivity contribution in [2.75, 3.05) is 0 Å². The SMILES string of the molecule is CC(C)(C)c1ccc(C(N)c2ccc(Cl)cc2)cc1. The monoisotopic (exact) mass is 273 g/mol. The van der Waals surface area contributed by atoms with Gasteiger partial charge in [-0.25, -0.2) is 0 Å². The molecule has 2 aromatic rings. The van der Waals surface area contributed by atoms with Crippen LogP contribution in [0.4, 0.5) is 0 Å². The Labute approximate surface area is 120 Å². The highest BCUT2D eigenvalue weighted by Gasteiger charge is 2.14. The highest BCUT2D eigenvalue weighted by molar-refractivity contribution is 6.30. The van der Waals surface area contributed by atoms with Gasteiger partial charge in [-0.1, -0.05) is 68.8 Å². The molecule has 0 fully saturated rings. The lowest BCUT2D eigenvalue weighted by Gasteiger charge is -2.20. The first-order valence-electron chi connectivity index (χ1n) is 6.49. The average molecular weight is 274 g/mol. The van der Waals surface area contributed by atoms with Crippen molar-refractivity contribution < 1.29 is 0 Å². The van der Waals surface area contributed by atoms with Crippen LogP contribution in [-0.2, 0) is 5.41 Å². The van der Waals surface area contributed by atoms with Gasteiger partial charge in [-0.3, -0.25) is 0 Å². The van der Waals surface area contributed by atoms with Crippen LogP contribution in [0.3, 0.4) is 0 Å². The van der Waals surface area contributed by atoms with Gasteiger partial charge in [-0.15, -0.1) is 0 Å². The van der Waals surface area contributed by atoms with Gasteiger partial charge >= 0.3 is 0 Å². The minimum absolute atomic E-state index is 0.105. The summed E-state index contributed by atoms with van der Waals surface area (Å²) in [6.45, 7) is 6.63. The Bertz CT molecular complexity index is 535. The first-order valence-corrected chi connectivity index (χ1v) is 6.87. The summed E-state index contributed by atoms with van der Waals surface area (Å²) in [5.74, 6) is 0. The van der Waals surface area contributed by atoms with Crippen LogP contribution >= 0.6 is 11.6 Å². The molecule has 2 rings (SSSR count). The van der Waals surface area contributed by atoms with Crippen LogP contribution in [0, 0.1) is 0 Å². The largest absolute Gasteiger partial charge is 0.320 e. The maximum atomic E-state index is 6.28. The van der Waals surface area contributed by atoms with Gasteiger partial charge < -0.3 is 5.73 Å². The van der Waals surface area contributed by atoms with Crippen molar-refractivity contribution in [1.29, 1.82) is 0 Å². The van der Waals surface area contributed by atoms with Crippen LogP contribution in [0.1, 0.15) is 43.5 Å². The van der Waals surface area contributed by atoms with Crippen LogP contribution in [0.25, 0.3) is 0 Å². The smallest absolute Gasteiger partial charge is 0.0551 e. The predicted octanol–water partition coefficient (Wildman–Crippen LogP) is 4.69. The van der Waals surface area contributed by atoms with E-state index in [-0.39, 0.29) is 11.5 Å². The van der Waals surface area contributed by atoms with Crippen molar-refractivity contribution in [3.05, 3.63) is 70.2 Å². The number of rotatable bonds is 2. The van der Waals surface area contributed by atoms with Crippen molar-refractivity contribution in [3.8, 4) is 0 Å². The lowest BCUT2D eigenvalue weighted by Crippen LogP contribution is -2.14. The topological polar surface area (TPSA) is 26.0 Å². The summed E-state index contributed by atoms with van der Waals surface area (Å²) in [6.07, 6.45) is 0. The second-order valence-corrected chi connectivity index (χ2v) is 6.34. The molecule has 100 valence electrons. The van der Waals surface area contributed by atoms with Crippen molar-refractivity contribution in [2.24, 2.45) is 5.73 Å². The third kappa shape index (κ3) is 3.37. The highest BCUT2D eigenvalue weighted by atomic mass is 35.5. The summed E-state index contributed by atoms with van der Waals surface area (Å²) < 4.78 is 0. The molecule has 0 amide bonds. The van der Waals surface area contributed by atoms with Gasteiger partial charge in [-0.2, -0.15) is 0 Å². The lowest BCUT2D eigenvalue weighted by molar-refractivity contribution is 0.589. The summed E-state index contributed by atoms with van der Waals surface area (Å²) in [7, 11) is 0. The van der Waals surface area contributed by atoms with Gasteiger partial charge in [0.2, 0.25) is 0 Å². The molecule has 1 nitrogen and oxygen atoms in total. The fourth-order valence-electron chi connectivity index (χ4n) is 2.05. The molecule has 2 N–H and O–H groups in total. The molecule has 19 heavy (non-hydrogen) atoms. The molecule has 1 unspecified atom stereocenters. The van der Waals surface area contributed by atoms with Crippen LogP contribution in [0.2, 0.25) is 5.02 Å². The third-order valence-corrected chi connectivity index (χ3v) is 3.62. The number of benzene rings is 2. The van der Waals surface area contributed by atoms with E-state index in [0.29, 0.717) is 0 Å². The second kappa shape index (κ2) is 5.36. The quantitative estimate of drug-likeness (QED) is 0.844. The van der Waals surface area contributed by atoms with Crippen molar-refractivity contribution in [3.63, 3.8) is 0 Å². The zero-order valence-corrected chi connectivity index (χ0v) is 12.4. The molecule has 2 heteroatoms. The van der Waals surface area contributed by atoms with Gasteiger partial charge in [0, 0.05) is 5.02 Å². The van der Waals surface area contributed by atoms with Crippen molar-refractivity contribution >= 4 is 11.6 Å². The van der Waals surface area contributed by atoms with E-state index in [9.17, 15) is 0 Å². The summed E-state index contributed by atoms with van der Waals surface area (Å²) in [5.41, 5.74) is 9.97. The maximum absolute atomic E-state index is 6.28. The van der Waals surface area contributed by atoms with Gasteiger partial charge in [0.25, 0.3) is 0 Å². The van der Waals surface area contributed by atoms with Gasteiger partial charge in [-0.05, 0) is 34.2 Å². The first kappa shape index (κ1) is 14.1. The Morgan fingerprint density at radius 1 is 0.842 bits per heavy atom. The number of nitrogens with two attached hydrogens (primary N) is 1. The third-order valence-electron chi connectivity index (χ3n) is 3.36. The maximum Gasteiger partial charge on any atom is 0.0551 e. The van der Waals surface area contributed by atoms with E-state index in [0.717, 1.165) is 16.1 Å². The Hall–Kier alpha value is -1.31. The van der Waals surface area contributed by atoms with E-state index in [1.165, 1.54) is 5.56 Å². The summed E-state index contributed by atoms with van der Waals surface area (Å²) in [6, 6.07) is 16.1. The Morgan fingerprint density at radius 3 is 1.68 bits per heavy atom. The zero-order chi connectivity index (χ0) is 14.0. The van der Waals surface area contributed by atoms with E-state index >= 15 is 0 Å². The van der Waals surface area contributed by atoms with E-state index in [1.807, 2.05) is 24.3 Å². The first-order chi connectivity index (χ1) is 8.88. The molecule has 0 saturated heterocycles. The van der Waals surface area contributed by atoms with Crippen LogP contribution in [-0.4, -0.2) is 0 Å². The molecular weight excluding hydrogens is 254 g/mol. The fraction of sp³-hybridized carbons (Fsp3) is 0.294. The summed E-state index contributed by atoms with van der Waals surface area (Å²) in [5, 5.41) is 0.735. The molecule has 0 radical (unpaired) electrons. The molecule has 0 aliphatic heterocycles. The van der Waals surface area contributed by atoms with E-state index in [2.05, 4.69) is 45.0 Å². The van der Waals surface area contributed by atoms with Crippen molar-refractivity contribution in [2.45, 2.75) is 32.2 Å². The number of halogens is 1. The molecule has 0 aliphatic rings. The lowest BCUT2D eigenvalue weighted by atomic mass is 9.86. The van der Waals surface area contributed by atoms with Gasteiger partial charge in [0.15, 0.2) is 0 Å². The van der Waals surface area contributed by atoms with Crippen LogP contribution in [0.5, 0.6) is 0 Å². The molecule has 0 saturated carbocycles. The Kier molecular flexibility index (Phi) is 3.98. The molecule has 0 spiro atoms. The Morgan fingerprint density at radius 2 is 1.26 bits per heavy atom. The minimum Gasteiger partial charge on any atom is -0.320 e. The molecule has 2 aromatic carbocycles. The molecular formula is C17H20ClN. The highest BCUT2D eigenvalue weighted by Crippen LogP contribution is 2.26. The van der Waals surface area contributed by atoms with E-state index < -0.39 is 0 Å². The average Bonchev–Trinajstić information content (AvgIpc) is 2.38. The molecule has 1 atom stereocenters. The molecule has 0 aromatic heterocycles. The van der Waals surface area contributed by atoms with Crippen LogP contribution in [0.15, 0.2) is 48.5 Å². The minimum atomic E-state index is -0.105. The normalized spacial score (nSPS) is 13.3. The van der Waals surface area contributed by atoms with Gasteiger partial charge in [0.1, 0.15) is 0 Å². The number of hydrogen-bond acceptors (Lipinski definition) is 1. The fourth-order valence-corrected chi connectivity index (χ4v) is 2.18. The standard InChI is InChI=1S/C17H20ClN/c1-17(2,3)14-8-4-12(5-9-14)16(19)13-6-10-15(18)11-7-13/h4-11,16H,19H2,1-3H3. The number of hydrogen-bond donors (Lipinski definition) is 1. The molecule has 0 bridgehead atoms. The van der Waals surface area contributed by atoms with E-state index in [4.69, 9.17) is 17.3 Å². The zero-order valence-electron chi connectivity index (χ0n) is 11.7. The molecule has 0 heterocycles. The van der Waals surface area contributed by atoms with Crippen molar-refractivity contribution in [1.82, 2.24) is 0 Å². The van der Waals surface area contributed by atoms with Crippen LogP contribution < -0.4 is 5.73 Å². The second-order valence-electron chi connectivity index (χ2n) is 5.90.